The number of amides is 2. The minimum Gasteiger partial charge on any atom is -0.475 e. The second-order valence-electron chi connectivity index (χ2n) is 4.11. The first-order valence-electron chi connectivity index (χ1n) is 5.67. The molecule has 8 nitrogen and oxygen atoms in total. The van der Waals surface area contributed by atoms with Crippen molar-refractivity contribution >= 4 is 17.8 Å². The Kier molecular flexibility index (Phi) is 5.04. The van der Waals surface area contributed by atoms with E-state index in [4.69, 9.17) is 5.11 Å². The summed E-state index contributed by atoms with van der Waals surface area (Å²) in [6.07, 6.45) is 0.132. The van der Waals surface area contributed by atoms with Gasteiger partial charge in [-0.05, 0) is 13.8 Å². The molecular weight excluding hydrogens is 254 g/mol. The Labute approximate surface area is 109 Å². The lowest BCUT2D eigenvalue weighted by molar-refractivity contribution is -0.121. The van der Waals surface area contributed by atoms with Gasteiger partial charge in [-0.2, -0.15) is 0 Å². The maximum absolute atomic E-state index is 11.5. The molecule has 0 spiro atoms. The summed E-state index contributed by atoms with van der Waals surface area (Å²) < 4.78 is 4.44. The Balaban J connectivity index is 2.39. The fourth-order valence-corrected chi connectivity index (χ4v) is 1.26. The number of nitrogens with one attached hydrogen (secondary N) is 2. The van der Waals surface area contributed by atoms with Crippen molar-refractivity contribution in [1.29, 1.82) is 0 Å². The molecule has 0 radical (unpaired) electrons. The molecule has 8 heteroatoms. The first kappa shape index (κ1) is 14.7. The van der Waals surface area contributed by atoms with Crippen molar-refractivity contribution in [3.05, 3.63) is 17.5 Å². The van der Waals surface area contributed by atoms with Crippen LogP contribution in [0, 0.1) is 0 Å². The number of carboxylic acid groups (broad SMARTS) is 1. The van der Waals surface area contributed by atoms with Crippen LogP contribution < -0.4 is 10.6 Å². The normalized spacial score (nSPS) is 10.3. The number of nitrogens with zero attached hydrogens (tertiary/aromatic N) is 1. The summed E-state index contributed by atoms with van der Waals surface area (Å²) >= 11 is 0. The molecule has 0 aliphatic carbocycles. The molecule has 0 aliphatic heterocycles. The number of aromatic carboxylic acids is 1. The van der Waals surface area contributed by atoms with Crippen molar-refractivity contribution in [2.75, 3.05) is 6.54 Å². The van der Waals surface area contributed by atoms with Crippen LogP contribution in [0.2, 0.25) is 0 Å². The van der Waals surface area contributed by atoms with Crippen LogP contribution in [0.15, 0.2) is 10.6 Å². The lowest BCUT2D eigenvalue weighted by atomic mass is 10.3. The van der Waals surface area contributed by atoms with Crippen molar-refractivity contribution in [2.24, 2.45) is 0 Å². The molecule has 0 atom stereocenters. The van der Waals surface area contributed by atoms with Gasteiger partial charge in [0.2, 0.25) is 11.7 Å². The van der Waals surface area contributed by atoms with Gasteiger partial charge in [0.05, 0.1) is 0 Å². The van der Waals surface area contributed by atoms with E-state index in [9.17, 15) is 14.4 Å². The van der Waals surface area contributed by atoms with Crippen molar-refractivity contribution in [3.8, 4) is 0 Å². The van der Waals surface area contributed by atoms with Crippen molar-refractivity contribution < 1.29 is 24.0 Å². The SMILES string of the molecule is CC(C)NC(=O)CCNC(=O)c1cc(C(=O)O)on1. The van der Waals surface area contributed by atoms with Crippen LogP contribution in [0.5, 0.6) is 0 Å². The standard InChI is InChI=1S/C11H15N3O5/c1-6(2)13-9(15)3-4-12-10(16)7-5-8(11(17)18)19-14-7/h5-6H,3-4H2,1-2H3,(H,12,16)(H,13,15)(H,17,18). The van der Waals surface area contributed by atoms with Gasteiger partial charge in [-0.3, -0.25) is 9.59 Å². The van der Waals surface area contributed by atoms with Gasteiger partial charge in [0, 0.05) is 25.1 Å². The molecule has 3 N–H and O–H groups in total. The third-order valence-corrected chi connectivity index (χ3v) is 2.04. The lowest BCUT2D eigenvalue weighted by Gasteiger charge is -2.08. The Hall–Kier alpha value is -2.38. The van der Waals surface area contributed by atoms with Gasteiger partial charge < -0.3 is 20.3 Å². The van der Waals surface area contributed by atoms with E-state index in [1.165, 1.54) is 0 Å². The molecule has 0 aromatic carbocycles. The largest absolute Gasteiger partial charge is 0.475 e. The summed E-state index contributed by atoms with van der Waals surface area (Å²) in [5.41, 5.74) is -0.137. The van der Waals surface area contributed by atoms with Crippen LogP contribution in [0.1, 0.15) is 41.3 Å². The Morgan fingerprint density at radius 3 is 2.63 bits per heavy atom. The zero-order chi connectivity index (χ0) is 14.4. The van der Waals surface area contributed by atoms with Gasteiger partial charge in [0.15, 0.2) is 5.69 Å². The fraction of sp³-hybridized carbons (Fsp3) is 0.455. The summed E-state index contributed by atoms with van der Waals surface area (Å²) in [6, 6.07) is 1.06. The molecule has 2 amide bonds. The van der Waals surface area contributed by atoms with E-state index < -0.39 is 17.6 Å². The Morgan fingerprint density at radius 2 is 2.11 bits per heavy atom. The summed E-state index contributed by atoms with van der Waals surface area (Å²) in [6.45, 7) is 3.80. The smallest absolute Gasteiger partial charge is 0.374 e. The molecule has 1 aromatic rings. The molecule has 0 bridgehead atoms. The topological polar surface area (TPSA) is 122 Å². The number of carbonyl (C=O) groups excluding carboxylic acids is 2. The first-order chi connectivity index (χ1) is 8.90. The van der Waals surface area contributed by atoms with Crippen LogP contribution in [-0.2, 0) is 4.79 Å². The van der Waals surface area contributed by atoms with Crippen LogP contribution in [0.3, 0.4) is 0 Å². The molecule has 0 fully saturated rings. The predicted molar refractivity (Wildman–Crippen MR) is 63.7 cm³/mol. The number of hydrogen-bond acceptors (Lipinski definition) is 5. The summed E-state index contributed by atoms with van der Waals surface area (Å²) in [5, 5.41) is 17.0. The minimum atomic E-state index is -1.30. The number of carboxylic acids is 1. The van der Waals surface area contributed by atoms with Gasteiger partial charge in [-0.15, -0.1) is 0 Å². The van der Waals surface area contributed by atoms with Crippen LogP contribution in [0.25, 0.3) is 0 Å². The van der Waals surface area contributed by atoms with Gasteiger partial charge in [-0.1, -0.05) is 5.16 Å². The van der Waals surface area contributed by atoms with Gasteiger partial charge >= 0.3 is 5.97 Å². The molecule has 104 valence electrons. The van der Waals surface area contributed by atoms with E-state index >= 15 is 0 Å². The second-order valence-corrected chi connectivity index (χ2v) is 4.11. The van der Waals surface area contributed by atoms with Gasteiger partial charge in [-0.25, -0.2) is 4.79 Å². The molecule has 1 heterocycles. The Bertz CT molecular complexity index is 480. The number of hydrogen-bond donors (Lipinski definition) is 3. The molecule has 1 aromatic heterocycles. The van der Waals surface area contributed by atoms with Crippen LogP contribution in [0.4, 0.5) is 0 Å². The first-order valence-corrected chi connectivity index (χ1v) is 5.67. The quantitative estimate of drug-likeness (QED) is 0.669. The minimum absolute atomic E-state index is 0.0388. The van der Waals surface area contributed by atoms with Crippen molar-refractivity contribution in [1.82, 2.24) is 15.8 Å². The molecular formula is C11H15N3O5. The van der Waals surface area contributed by atoms with E-state index in [0.717, 1.165) is 6.07 Å². The highest BCUT2D eigenvalue weighted by atomic mass is 16.5. The molecule has 0 aliphatic rings. The summed E-state index contributed by atoms with van der Waals surface area (Å²) in [4.78, 5) is 33.3. The maximum Gasteiger partial charge on any atom is 0.374 e. The van der Waals surface area contributed by atoms with Crippen LogP contribution in [-0.4, -0.2) is 40.6 Å². The zero-order valence-corrected chi connectivity index (χ0v) is 10.6. The van der Waals surface area contributed by atoms with Gasteiger partial charge in [0.25, 0.3) is 5.91 Å². The van der Waals surface area contributed by atoms with E-state index in [2.05, 4.69) is 20.3 Å². The average molecular weight is 269 g/mol. The molecule has 1 rings (SSSR count). The second kappa shape index (κ2) is 6.53. The van der Waals surface area contributed by atoms with Crippen molar-refractivity contribution in [3.63, 3.8) is 0 Å². The predicted octanol–water partition coefficient (Wildman–Crippen LogP) is 0.0173. The molecule has 0 saturated carbocycles. The highest BCUT2D eigenvalue weighted by Crippen LogP contribution is 2.03. The monoisotopic (exact) mass is 269 g/mol. The highest BCUT2D eigenvalue weighted by Gasteiger charge is 2.16. The van der Waals surface area contributed by atoms with E-state index in [1.54, 1.807) is 0 Å². The summed E-state index contributed by atoms with van der Waals surface area (Å²) in [7, 11) is 0. The maximum atomic E-state index is 11.5. The molecule has 0 unspecified atom stereocenters. The Morgan fingerprint density at radius 1 is 1.42 bits per heavy atom. The van der Waals surface area contributed by atoms with E-state index in [1.807, 2.05) is 13.8 Å². The van der Waals surface area contributed by atoms with Gasteiger partial charge in [0.1, 0.15) is 0 Å². The number of rotatable bonds is 6. The lowest BCUT2D eigenvalue weighted by Crippen LogP contribution is -2.34. The zero-order valence-electron chi connectivity index (χ0n) is 10.6. The third-order valence-electron chi connectivity index (χ3n) is 2.04. The number of carbonyl (C=O) groups is 3. The summed E-state index contributed by atoms with van der Waals surface area (Å²) in [5.74, 6) is -2.49. The fourth-order valence-electron chi connectivity index (χ4n) is 1.26. The third kappa shape index (κ3) is 4.78. The van der Waals surface area contributed by atoms with E-state index in [0.29, 0.717) is 0 Å². The molecule has 0 saturated heterocycles. The van der Waals surface area contributed by atoms with Crippen LogP contribution >= 0.6 is 0 Å². The number of aromatic nitrogens is 1. The highest BCUT2D eigenvalue weighted by molar-refractivity contribution is 5.95. The molecule has 19 heavy (non-hydrogen) atoms. The van der Waals surface area contributed by atoms with Crippen molar-refractivity contribution in [2.45, 2.75) is 26.3 Å². The van der Waals surface area contributed by atoms with E-state index in [-0.39, 0.29) is 30.6 Å². The average Bonchev–Trinajstić information content (AvgIpc) is 2.76.